The standard InChI is InChI=1S/C18H20N2O3S.ClH/c19-11-13-2-1-7-20(13)18(21)17-6-5-16(24-17)12-3-4-14-15(10-12)23-9-8-22-14;/h3-6,10,13H,1-2,7-9,11,19H2;1H. The van der Waals surface area contributed by atoms with Crippen LogP contribution in [0.1, 0.15) is 22.5 Å². The van der Waals surface area contributed by atoms with Gasteiger partial charge in [-0.3, -0.25) is 4.79 Å². The van der Waals surface area contributed by atoms with Gasteiger partial charge in [-0.2, -0.15) is 0 Å². The minimum Gasteiger partial charge on any atom is -0.486 e. The zero-order valence-corrected chi connectivity index (χ0v) is 15.4. The van der Waals surface area contributed by atoms with Crippen LogP contribution in [0.5, 0.6) is 11.5 Å². The van der Waals surface area contributed by atoms with Crippen molar-refractivity contribution in [3.63, 3.8) is 0 Å². The van der Waals surface area contributed by atoms with Crippen LogP contribution in [0, 0.1) is 0 Å². The molecule has 0 spiro atoms. The van der Waals surface area contributed by atoms with Crippen molar-refractivity contribution >= 4 is 29.7 Å². The zero-order chi connectivity index (χ0) is 16.5. The minimum absolute atomic E-state index is 0. The van der Waals surface area contributed by atoms with Crippen LogP contribution < -0.4 is 15.2 Å². The van der Waals surface area contributed by atoms with Gasteiger partial charge in [-0.15, -0.1) is 23.7 Å². The van der Waals surface area contributed by atoms with Gasteiger partial charge in [-0.25, -0.2) is 0 Å². The summed E-state index contributed by atoms with van der Waals surface area (Å²) in [4.78, 5) is 16.5. The SMILES string of the molecule is Cl.NCC1CCCN1C(=O)c1ccc(-c2ccc3c(c2)OCCO3)s1. The third-order valence-electron chi connectivity index (χ3n) is 4.55. The van der Waals surface area contributed by atoms with Gasteiger partial charge >= 0.3 is 0 Å². The van der Waals surface area contributed by atoms with Crippen molar-refractivity contribution in [2.45, 2.75) is 18.9 Å². The normalized spacial score (nSPS) is 18.8. The van der Waals surface area contributed by atoms with Gasteiger partial charge in [-0.1, -0.05) is 0 Å². The van der Waals surface area contributed by atoms with Crippen LogP contribution in [0.3, 0.4) is 0 Å². The molecular weight excluding hydrogens is 360 g/mol. The van der Waals surface area contributed by atoms with E-state index in [1.807, 2.05) is 35.2 Å². The van der Waals surface area contributed by atoms with Gasteiger partial charge in [0, 0.05) is 24.0 Å². The number of carbonyl (C=O) groups excluding carboxylic acids is 1. The number of hydrogen-bond acceptors (Lipinski definition) is 5. The lowest BCUT2D eigenvalue weighted by molar-refractivity contribution is 0.0746. The number of amides is 1. The number of rotatable bonds is 3. The summed E-state index contributed by atoms with van der Waals surface area (Å²) in [5.41, 5.74) is 6.83. The summed E-state index contributed by atoms with van der Waals surface area (Å²) in [6.07, 6.45) is 2.04. The van der Waals surface area contributed by atoms with Crippen LogP contribution in [0.2, 0.25) is 0 Å². The quantitative estimate of drug-likeness (QED) is 0.888. The summed E-state index contributed by atoms with van der Waals surface area (Å²) in [5.74, 6) is 1.64. The van der Waals surface area contributed by atoms with Gasteiger partial charge < -0.3 is 20.1 Å². The largest absolute Gasteiger partial charge is 0.486 e. The van der Waals surface area contributed by atoms with E-state index in [4.69, 9.17) is 15.2 Å². The van der Waals surface area contributed by atoms with E-state index in [2.05, 4.69) is 0 Å². The Hall–Kier alpha value is -1.76. The Balaban J connectivity index is 0.00000182. The van der Waals surface area contributed by atoms with E-state index < -0.39 is 0 Å². The molecule has 0 radical (unpaired) electrons. The average Bonchev–Trinajstić information content (AvgIpc) is 3.30. The van der Waals surface area contributed by atoms with E-state index in [1.165, 1.54) is 11.3 Å². The molecule has 4 rings (SSSR count). The number of halogens is 1. The third kappa shape index (κ3) is 3.47. The maximum absolute atomic E-state index is 12.7. The summed E-state index contributed by atoms with van der Waals surface area (Å²) in [6.45, 7) is 2.49. The van der Waals surface area contributed by atoms with E-state index in [1.54, 1.807) is 0 Å². The van der Waals surface area contributed by atoms with Crippen molar-refractivity contribution in [2.75, 3.05) is 26.3 Å². The first-order valence-corrected chi connectivity index (χ1v) is 9.09. The van der Waals surface area contributed by atoms with Crippen molar-refractivity contribution in [1.82, 2.24) is 4.90 Å². The molecule has 2 N–H and O–H groups in total. The van der Waals surface area contributed by atoms with Crippen LogP contribution in [0.4, 0.5) is 0 Å². The van der Waals surface area contributed by atoms with Gasteiger partial charge in [0.25, 0.3) is 5.91 Å². The molecule has 3 heterocycles. The van der Waals surface area contributed by atoms with Gasteiger partial charge in [0.15, 0.2) is 11.5 Å². The molecular formula is C18H21ClN2O3S. The Kier molecular flexibility index (Phi) is 5.51. The highest BCUT2D eigenvalue weighted by atomic mass is 35.5. The molecule has 1 atom stereocenters. The van der Waals surface area contributed by atoms with E-state index in [0.29, 0.717) is 19.8 Å². The lowest BCUT2D eigenvalue weighted by atomic mass is 10.1. The fourth-order valence-corrected chi connectivity index (χ4v) is 4.25. The Morgan fingerprint density at radius 3 is 2.80 bits per heavy atom. The van der Waals surface area contributed by atoms with Crippen LogP contribution in [-0.2, 0) is 0 Å². The Labute approximate surface area is 157 Å². The summed E-state index contributed by atoms with van der Waals surface area (Å²) in [5, 5.41) is 0. The molecule has 1 fully saturated rings. The number of fused-ring (bicyclic) bond motifs is 1. The molecule has 0 aliphatic carbocycles. The van der Waals surface area contributed by atoms with Crippen molar-refractivity contribution in [3.05, 3.63) is 35.2 Å². The number of hydrogen-bond donors (Lipinski definition) is 1. The number of nitrogens with two attached hydrogens (primary N) is 1. The molecule has 2 aromatic rings. The fraction of sp³-hybridized carbons (Fsp3) is 0.389. The fourth-order valence-electron chi connectivity index (χ4n) is 3.29. The highest BCUT2D eigenvalue weighted by molar-refractivity contribution is 7.17. The first-order valence-electron chi connectivity index (χ1n) is 8.27. The highest BCUT2D eigenvalue weighted by Gasteiger charge is 2.29. The van der Waals surface area contributed by atoms with Crippen LogP contribution in [0.15, 0.2) is 30.3 Å². The van der Waals surface area contributed by atoms with Gasteiger partial charge in [0.1, 0.15) is 13.2 Å². The molecule has 25 heavy (non-hydrogen) atoms. The van der Waals surface area contributed by atoms with E-state index in [-0.39, 0.29) is 24.4 Å². The predicted molar refractivity (Wildman–Crippen MR) is 101 cm³/mol. The molecule has 1 aromatic heterocycles. The highest BCUT2D eigenvalue weighted by Crippen LogP contribution is 2.37. The minimum atomic E-state index is 0. The van der Waals surface area contributed by atoms with Crippen molar-refractivity contribution < 1.29 is 14.3 Å². The molecule has 2 aliphatic rings. The predicted octanol–water partition coefficient (Wildman–Crippen LogP) is 3.17. The van der Waals surface area contributed by atoms with Crippen LogP contribution >= 0.6 is 23.7 Å². The molecule has 5 nitrogen and oxygen atoms in total. The average molecular weight is 381 g/mol. The lowest BCUT2D eigenvalue weighted by Crippen LogP contribution is -2.39. The first-order chi connectivity index (χ1) is 11.8. The number of benzene rings is 1. The smallest absolute Gasteiger partial charge is 0.264 e. The summed E-state index contributed by atoms with van der Waals surface area (Å²) >= 11 is 1.52. The summed E-state index contributed by atoms with van der Waals surface area (Å²) in [6, 6.07) is 9.99. The van der Waals surface area contributed by atoms with Crippen LogP contribution in [-0.4, -0.2) is 43.2 Å². The molecule has 7 heteroatoms. The Morgan fingerprint density at radius 1 is 1.20 bits per heavy atom. The van der Waals surface area contributed by atoms with Gasteiger partial charge in [0.05, 0.1) is 4.88 Å². The third-order valence-corrected chi connectivity index (χ3v) is 5.68. The molecule has 1 aromatic carbocycles. The van der Waals surface area contributed by atoms with Crippen molar-refractivity contribution in [1.29, 1.82) is 0 Å². The second-order valence-electron chi connectivity index (χ2n) is 6.05. The zero-order valence-electron chi connectivity index (χ0n) is 13.8. The molecule has 1 unspecified atom stereocenters. The van der Waals surface area contributed by atoms with E-state index in [0.717, 1.165) is 46.2 Å². The van der Waals surface area contributed by atoms with Gasteiger partial charge in [-0.05, 0) is 48.7 Å². The van der Waals surface area contributed by atoms with E-state index in [9.17, 15) is 4.79 Å². The topological polar surface area (TPSA) is 64.8 Å². The Morgan fingerprint density at radius 2 is 2.00 bits per heavy atom. The second kappa shape index (κ2) is 7.64. The number of thiophene rings is 1. The van der Waals surface area contributed by atoms with Crippen LogP contribution in [0.25, 0.3) is 10.4 Å². The molecule has 1 saturated heterocycles. The number of likely N-dealkylation sites (tertiary alicyclic amines) is 1. The molecule has 1 amide bonds. The maximum atomic E-state index is 12.7. The molecule has 0 saturated carbocycles. The monoisotopic (exact) mass is 380 g/mol. The summed E-state index contributed by atoms with van der Waals surface area (Å²) < 4.78 is 11.2. The molecule has 2 aliphatic heterocycles. The number of carbonyl (C=O) groups is 1. The summed E-state index contributed by atoms with van der Waals surface area (Å²) in [7, 11) is 0. The van der Waals surface area contributed by atoms with Gasteiger partial charge in [0.2, 0.25) is 0 Å². The Bertz CT molecular complexity index is 765. The lowest BCUT2D eigenvalue weighted by Gasteiger charge is -2.22. The van der Waals surface area contributed by atoms with Crippen molar-refractivity contribution in [2.24, 2.45) is 5.73 Å². The molecule has 0 bridgehead atoms. The van der Waals surface area contributed by atoms with Crippen molar-refractivity contribution in [3.8, 4) is 21.9 Å². The first kappa shape index (κ1) is 18.0. The number of ether oxygens (including phenoxy) is 2. The maximum Gasteiger partial charge on any atom is 0.264 e. The molecule has 134 valence electrons. The number of nitrogens with zero attached hydrogens (tertiary/aromatic N) is 1. The second-order valence-corrected chi connectivity index (χ2v) is 7.14. The van der Waals surface area contributed by atoms with E-state index >= 15 is 0 Å².